The normalized spacial score (nSPS) is 31.3. The maximum Gasteiger partial charge on any atom is 0.128 e. The van der Waals surface area contributed by atoms with Gasteiger partial charge in [-0.3, -0.25) is 4.90 Å². The molecule has 4 nitrogen and oxygen atoms in total. The highest BCUT2D eigenvalue weighted by atomic mass is 16.3. The van der Waals surface area contributed by atoms with Gasteiger partial charge in [0.2, 0.25) is 0 Å². The van der Waals surface area contributed by atoms with E-state index in [1.165, 1.54) is 12.0 Å². The summed E-state index contributed by atoms with van der Waals surface area (Å²) < 4.78 is 0. The molecule has 1 N–H and O–H groups in total. The average molecular weight is 374 g/mol. The third-order valence-corrected chi connectivity index (χ3v) is 6.88. The Balaban J connectivity index is 1.60. The standard InChI is InChI=1S/C24H27N3O/c1-2-22-24(28,19-11-15-26(22)16-12-19)20-9-10-23(27-13-6-14-27)25-21(20)17-18-7-4-3-5-8-18/h1,3-5,7-10,19,22,28H,6,11-17H2/t22?,24-/m1/s1. The van der Waals surface area contributed by atoms with Gasteiger partial charge in [-0.15, -0.1) is 6.42 Å². The topological polar surface area (TPSA) is 39.6 Å². The van der Waals surface area contributed by atoms with Crippen LogP contribution in [0, 0.1) is 18.3 Å². The highest BCUT2D eigenvalue weighted by Crippen LogP contribution is 2.47. The molecule has 4 aliphatic rings. The first-order chi connectivity index (χ1) is 13.7. The molecule has 4 saturated heterocycles. The molecule has 4 fully saturated rings. The quantitative estimate of drug-likeness (QED) is 0.837. The highest BCUT2D eigenvalue weighted by molar-refractivity contribution is 5.48. The van der Waals surface area contributed by atoms with Crippen LogP contribution in [-0.2, 0) is 12.0 Å². The van der Waals surface area contributed by atoms with E-state index < -0.39 is 5.60 Å². The van der Waals surface area contributed by atoms with Crippen molar-refractivity contribution in [2.75, 3.05) is 31.1 Å². The number of rotatable bonds is 4. The molecule has 0 saturated carbocycles. The number of anilines is 1. The fraction of sp³-hybridized carbons (Fsp3) is 0.458. The summed E-state index contributed by atoms with van der Waals surface area (Å²) in [6.45, 7) is 4.08. The molecular weight excluding hydrogens is 346 g/mol. The van der Waals surface area contributed by atoms with Crippen molar-refractivity contribution < 1.29 is 5.11 Å². The van der Waals surface area contributed by atoms with E-state index in [-0.39, 0.29) is 12.0 Å². The van der Waals surface area contributed by atoms with Crippen LogP contribution in [0.15, 0.2) is 42.5 Å². The minimum atomic E-state index is -1.02. The van der Waals surface area contributed by atoms with Crippen LogP contribution < -0.4 is 4.90 Å². The number of pyridine rings is 1. The first-order valence-corrected chi connectivity index (χ1v) is 10.4. The van der Waals surface area contributed by atoms with E-state index >= 15 is 0 Å². The van der Waals surface area contributed by atoms with Crippen LogP contribution >= 0.6 is 0 Å². The van der Waals surface area contributed by atoms with Crippen molar-refractivity contribution in [3.05, 3.63) is 59.3 Å². The number of fused-ring (bicyclic) bond motifs is 3. The maximum atomic E-state index is 12.0. The van der Waals surface area contributed by atoms with Crippen LogP contribution in [0.3, 0.4) is 0 Å². The predicted molar refractivity (Wildman–Crippen MR) is 111 cm³/mol. The van der Waals surface area contributed by atoms with Crippen LogP contribution in [0.2, 0.25) is 0 Å². The molecule has 5 heterocycles. The van der Waals surface area contributed by atoms with Crippen molar-refractivity contribution in [2.45, 2.75) is 37.3 Å². The molecule has 6 rings (SSSR count). The monoisotopic (exact) mass is 373 g/mol. The van der Waals surface area contributed by atoms with Crippen molar-refractivity contribution in [1.29, 1.82) is 0 Å². The number of hydrogen-bond donors (Lipinski definition) is 1. The molecule has 144 valence electrons. The van der Waals surface area contributed by atoms with E-state index in [1.54, 1.807) is 0 Å². The molecule has 1 aromatic heterocycles. The smallest absolute Gasteiger partial charge is 0.128 e. The van der Waals surface area contributed by atoms with Gasteiger partial charge < -0.3 is 10.0 Å². The minimum absolute atomic E-state index is 0.199. The van der Waals surface area contributed by atoms with E-state index in [1.807, 2.05) is 6.07 Å². The van der Waals surface area contributed by atoms with Gasteiger partial charge >= 0.3 is 0 Å². The second-order valence-corrected chi connectivity index (χ2v) is 8.37. The van der Waals surface area contributed by atoms with Gasteiger partial charge in [-0.1, -0.05) is 42.3 Å². The SMILES string of the molecule is C#CC1N2CCC(CC2)[C@@]1(O)c1ccc(N2CCC2)nc1Cc1ccccc1. The number of piperidine rings is 3. The van der Waals surface area contributed by atoms with Gasteiger partial charge in [0.15, 0.2) is 0 Å². The predicted octanol–water partition coefficient (Wildman–Crippen LogP) is 2.80. The molecule has 4 aliphatic heterocycles. The average Bonchev–Trinajstić information content (AvgIpc) is 2.68. The first-order valence-electron chi connectivity index (χ1n) is 10.4. The largest absolute Gasteiger partial charge is 0.382 e. The summed E-state index contributed by atoms with van der Waals surface area (Å²) in [6, 6.07) is 14.3. The van der Waals surface area contributed by atoms with Crippen molar-refractivity contribution in [2.24, 2.45) is 5.92 Å². The zero-order chi connectivity index (χ0) is 19.1. The Morgan fingerprint density at radius 1 is 1.07 bits per heavy atom. The Labute approximate surface area is 167 Å². The van der Waals surface area contributed by atoms with Crippen molar-refractivity contribution in [3.8, 4) is 12.3 Å². The summed E-state index contributed by atoms with van der Waals surface area (Å²) in [5.41, 5.74) is 2.08. The molecule has 0 spiro atoms. The number of hydrogen-bond acceptors (Lipinski definition) is 4. The summed E-state index contributed by atoms with van der Waals surface area (Å²) in [5, 5.41) is 12.0. The lowest BCUT2D eigenvalue weighted by Crippen LogP contribution is -2.63. The molecule has 1 aromatic carbocycles. The molecule has 4 heteroatoms. The Hall–Kier alpha value is -2.35. The lowest BCUT2D eigenvalue weighted by molar-refractivity contribution is -0.143. The molecule has 2 atom stereocenters. The fourth-order valence-corrected chi connectivity index (χ4v) is 5.20. The molecule has 28 heavy (non-hydrogen) atoms. The van der Waals surface area contributed by atoms with Crippen molar-refractivity contribution in [3.63, 3.8) is 0 Å². The van der Waals surface area contributed by atoms with Crippen LogP contribution in [0.5, 0.6) is 0 Å². The van der Waals surface area contributed by atoms with Gasteiger partial charge in [-0.2, -0.15) is 0 Å². The Morgan fingerprint density at radius 2 is 1.82 bits per heavy atom. The number of benzene rings is 1. The molecule has 0 radical (unpaired) electrons. The van der Waals surface area contributed by atoms with Gasteiger partial charge in [0.05, 0.1) is 5.69 Å². The highest BCUT2D eigenvalue weighted by Gasteiger charge is 2.54. The van der Waals surface area contributed by atoms with E-state index in [9.17, 15) is 5.11 Å². The van der Waals surface area contributed by atoms with Gasteiger partial charge in [0.1, 0.15) is 17.5 Å². The summed E-state index contributed by atoms with van der Waals surface area (Å²) in [5.74, 6) is 4.13. The van der Waals surface area contributed by atoms with Crippen LogP contribution in [0.1, 0.15) is 36.1 Å². The van der Waals surface area contributed by atoms with Gasteiger partial charge in [0, 0.05) is 25.1 Å². The van der Waals surface area contributed by atoms with Crippen LogP contribution in [0.4, 0.5) is 5.82 Å². The fourth-order valence-electron chi connectivity index (χ4n) is 5.20. The Kier molecular flexibility index (Phi) is 4.38. The van der Waals surface area contributed by atoms with Crippen LogP contribution in [0.25, 0.3) is 0 Å². The van der Waals surface area contributed by atoms with E-state index in [0.717, 1.165) is 56.1 Å². The van der Waals surface area contributed by atoms with Crippen molar-refractivity contribution >= 4 is 5.82 Å². The molecule has 2 bridgehead atoms. The van der Waals surface area contributed by atoms with Crippen molar-refractivity contribution in [1.82, 2.24) is 9.88 Å². The Morgan fingerprint density at radius 3 is 2.46 bits per heavy atom. The summed E-state index contributed by atoms with van der Waals surface area (Å²) >= 11 is 0. The molecule has 0 amide bonds. The molecular formula is C24H27N3O. The summed E-state index contributed by atoms with van der Waals surface area (Å²) in [6.07, 6.45) is 9.85. The van der Waals surface area contributed by atoms with E-state index in [4.69, 9.17) is 11.4 Å². The van der Waals surface area contributed by atoms with Gasteiger partial charge in [-0.05, 0) is 49.9 Å². The van der Waals surface area contributed by atoms with Crippen LogP contribution in [-0.4, -0.2) is 47.2 Å². The zero-order valence-electron chi connectivity index (χ0n) is 16.2. The molecule has 1 unspecified atom stereocenters. The van der Waals surface area contributed by atoms with E-state index in [0.29, 0.717) is 6.42 Å². The molecule has 2 aromatic rings. The summed E-state index contributed by atoms with van der Waals surface area (Å²) in [4.78, 5) is 9.62. The lowest BCUT2D eigenvalue weighted by Gasteiger charge is -2.54. The Bertz CT molecular complexity index is 894. The third-order valence-electron chi connectivity index (χ3n) is 6.88. The number of terminal acetylenes is 1. The number of nitrogens with zero attached hydrogens (tertiary/aromatic N) is 3. The second-order valence-electron chi connectivity index (χ2n) is 8.37. The third kappa shape index (κ3) is 2.73. The van der Waals surface area contributed by atoms with Gasteiger partial charge in [0.25, 0.3) is 0 Å². The minimum Gasteiger partial charge on any atom is -0.382 e. The number of aliphatic hydroxyl groups is 1. The van der Waals surface area contributed by atoms with Gasteiger partial charge in [-0.25, -0.2) is 4.98 Å². The number of aromatic nitrogens is 1. The molecule has 0 aliphatic carbocycles. The lowest BCUT2D eigenvalue weighted by atomic mass is 9.66. The first kappa shape index (κ1) is 17.7. The van der Waals surface area contributed by atoms with E-state index in [2.05, 4.69) is 52.1 Å². The zero-order valence-corrected chi connectivity index (χ0v) is 16.2. The summed E-state index contributed by atoms with van der Waals surface area (Å²) in [7, 11) is 0. The second kappa shape index (κ2) is 6.92. The maximum absolute atomic E-state index is 12.0.